The number of likely N-dealkylation sites (tertiary alicyclic amines) is 2. The highest BCUT2D eigenvalue weighted by Crippen LogP contribution is 2.36. The summed E-state index contributed by atoms with van der Waals surface area (Å²) >= 11 is 0. The number of aromatic nitrogens is 3. The highest BCUT2D eigenvalue weighted by molar-refractivity contribution is 5.80. The summed E-state index contributed by atoms with van der Waals surface area (Å²) in [7, 11) is 1.84. The van der Waals surface area contributed by atoms with Gasteiger partial charge >= 0.3 is 0 Å². The lowest BCUT2D eigenvalue weighted by atomic mass is 9.79. The van der Waals surface area contributed by atoms with Crippen LogP contribution in [0, 0.1) is 11.7 Å². The molecule has 2 fully saturated rings. The first kappa shape index (κ1) is 27.4. The van der Waals surface area contributed by atoms with E-state index >= 15 is 0 Å². The van der Waals surface area contributed by atoms with Crippen molar-refractivity contribution >= 4 is 16.9 Å². The van der Waals surface area contributed by atoms with E-state index in [0.29, 0.717) is 56.5 Å². The molecular weight excluding hydrogens is 521 g/mol. The predicted octanol–water partition coefficient (Wildman–Crippen LogP) is 3.53. The van der Waals surface area contributed by atoms with Gasteiger partial charge in [-0.05, 0) is 55.1 Å². The molecular formula is C32H36FN5O3. The van der Waals surface area contributed by atoms with Crippen molar-refractivity contribution in [2.75, 3.05) is 26.2 Å². The van der Waals surface area contributed by atoms with Crippen molar-refractivity contribution in [2.24, 2.45) is 13.0 Å². The molecule has 1 N–H and O–H groups in total. The molecule has 4 aromatic rings. The Morgan fingerprint density at radius 1 is 1.07 bits per heavy atom. The lowest BCUT2D eigenvalue weighted by Crippen LogP contribution is -2.53. The minimum Gasteiger partial charge on any atom is -0.388 e. The number of piperidine rings is 2. The zero-order valence-corrected chi connectivity index (χ0v) is 23.3. The fourth-order valence-electron chi connectivity index (χ4n) is 6.54. The number of benzene rings is 2. The first-order valence-electron chi connectivity index (χ1n) is 14.3. The maximum absolute atomic E-state index is 13.9. The van der Waals surface area contributed by atoms with Crippen LogP contribution in [0.1, 0.15) is 36.3 Å². The van der Waals surface area contributed by atoms with E-state index in [4.69, 9.17) is 0 Å². The number of rotatable bonds is 6. The van der Waals surface area contributed by atoms with Gasteiger partial charge in [0.2, 0.25) is 5.91 Å². The minimum absolute atomic E-state index is 0.0223. The summed E-state index contributed by atoms with van der Waals surface area (Å²) in [6.45, 7) is 3.14. The molecule has 6 rings (SSSR count). The van der Waals surface area contributed by atoms with E-state index in [1.165, 1.54) is 17.0 Å². The van der Waals surface area contributed by atoms with Gasteiger partial charge in [0.05, 0.1) is 17.5 Å². The molecule has 0 spiro atoms. The number of aliphatic hydroxyl groups is 1. The average molecular weight is 558 g/mol. The van der Waals surface area contributed by atoms with Gasteiger partial charge in [-0.3, -0.25) is 19.1 Å². The molecule has 41 heavy (non-hydrogen) atoms. The standard InChI is InChI=1S/C32H36FN5O3/c1-35-14-10-27-29(35)34-22-38(31(27)40)21-32(41)12-16-37(17-13-32)30(39)26-11-15-36(19-23-6-5-9-25(33)18-23)20-28(26)24-7-3-2-4-8-24/h2-10,14,18,22,26,28,41H,11-13,15-17,19-21H2,1H3/t26-,28+/m1/s1. The molecule has 8 nitrogen and oxygen atoms in total. The molecule has 1 amide bonds. The van der Waals surface area contributed by atoms with Crippen molar-refractivity contribution in [3.8, 4) is 0 Å². The molecule has 2 aromatic heterocycles. The lowest BCUT2D eigenvalue weighted by Gasteiger charge is -2.43. The number of hydrogen-bond acceptors (Lipinski definition) is 5. The first-order valence-corrected chi connectivity index (χ1v) is 14.3. The number of carbonyl (C=O) groups is 1. The van der Waals surface area contributed by atoms with Crippen LogP contribution in [0.25, 0.3) is 11.0 Å². The van der Waals surface area contributed by atoms with Crippen LogP contribution in [0.15, 0.2) is 78.0 Å². The second-order valence-corrected chi connectivity index (χ2v) is 11.7. The van der Waals surface area contributed by atoms with Crippen molar-refractivity contribution in [3.63, 3.8) is 0 Å². The van der Waals surface area contributed by atoms with Gasteiger partial charge in [-0.2, -0.15) is 0 Å². The van der Waals surface area contributed by atoms with Crippen LogP contribution in [0.2, 0.25) is 0 Å². The lowest BCUT2D eigenvalue weighted by molar-refractivity contribution is -0.142. The van der Waals surface area contributed by atoms with Crippen molar-refractivity contribution < 1.29 is 14.3 Å². The molecule has 2 aliphatic rings. The molecule has 0 aliphatic carbocycles. The van der Waals surface area contributed by atoms with Gasteiger partial charge in [-0.15, -0.1) is 0 Å². The highest BCUT2D eigenvalue weighted by Gasteiger charge is 2.40. The van der Waals surface area contributed by atoms with E-state index in [1.807, 2.05) is 36.2 Å². The summed E-state index contributed by atoms with van der Waals surface area (Å²) in [6.07, 6.45) is 4.81. The molecule has 0 unspecified atom stereocenters. The first-order chi connectivity index (χ1) is 19.8. The minimum atomic E-state index is -1.09. The van der Waals surface area contributed by atoms with Gasteiger partial charge in [0.1, 0.15) is 17.8 Å². The second-order valence-electron chi connectivity index (χ2n) is 11.7. The topological polar surface area (TPSA) is 83.6 Å². The van der Waals surface area contributed by atoms with Gasteiger partial charge in [-0.1, -0.05) is 42.5 Å². The number of halogens is 1. The Morgan fingerprint density at radius 2 is 1.85 bits per heavy atom. The SMILES string of the molecule is Cn1ccc2c(=O)n(CC3(O)CCN(C(=O)[C@@H]4CCN(Cc5cccc(F)c5)C[C@H]4c4ccccc4)CC3)cnc21. The third-order valence-corrected chi connectivity index (χ3v) is 8.86. The smallest absolute Gasteiger partial charge is 0.262 e. The van der Waals surface area contributed by atoms with Gasteiger partial charge in [0.15, 0.2) is 0 Å². The van der Waals surface area contributed by atoms with Gasteiger partial charge < -0.3 is 14.6 Å². The summed E-state index contributed by atoms with van der Waals surface area (Å²) in [5.41, 5.74) is 1.42. The number of hydrogen-bond donors (Lipinski definition) is 1. The van der Waals surface area contributed by atoms with Crippen LogP contribution in [-0.4, -0.2) is 66.7 Å². The van der Waals surface area contributed by atoms with Crippen LogP contribution in [-0.2, 0) is 24.9 Å². The number of amides is 1. The summed E-state index contributed by atoms with van der Waals surface area (Å²) in [6, 6.07) is 18.6. The number of nitrogens with zero attached hydrogens (tertiary/aromatic N) is 5. The third kappa shape index (κ3) is 5.69. The van der Waals surface area contributed by atoms with E-state index in [9.17, 15) is 19.1 Å². The van der Waals surface area contributed by atoms with E-state index in [2.05, 4.69) is 22.0 Å². The van der Waals surface area contributed by atoms with E-state index in [0.717, 1.165) is 17.7 Å². The zero-order chi connectivity index (χ0) is 28.6. The predicted molar refractivity (Wildman–Crippen MR) is 155 cm³/mol. The molecule has 0 saturated carbocycles. The molecule has 4 heterocycles. The van der Waals surface area contributed by atoms with Crippen molar-refractivity contribution in [1.29, 1.82) is 0 Å². The van der Waals surface area contributed by atoms with Crippen LogP contribution in [0.5, 0.6) is 0 Å². The van der Waals surface area contributed by atoms with E-state index in [1.54, 1.807) is 29.0 Å². The maximum atomic E-state index is 13.9. The summed E-state index contributed by atoms with van der Waals surface area (Å²) in [5.74, 6) is -0.261. The highest BCUT2D eigenvalue weighted by atomic mass is 19.1. The largest absolute Gasteiger partial charge is 0.388 e. The molecule has 0 radical (unpaired) electrons. The van der Waals surface area contributed by atoms with E-state index in [-0.39, 0.29) is 35.7 Å². The summed E-state index contributed by atoms with van der Waals surface area (Å²) in [5, 5.41) is 11.9. The Morgan fingerprint density at radius 3 is 2.61 bits per heavy atom. The number of fused-ring (bicyclic) bond motifs is 1. The molecule has 2 atom stereocenters. The van der Waals surface area contributed by atoms with Gasteiger partial charge in [0.25, 0.3) is 5.56 Å². The quantitative estimate of drug-likeness (QED) is 0.392. The van der Waals surface area contributed by atoms with Crippen LogP contribution in [0.3, 0.4) is 0 Å². The average Bonchev–Trinajstić information content (AvgIpc) is 3.36. The molecule has 2 aromatic carbocycles. The fraction of sp³-hybridized carbons (Fsp3) is 0.406. The fourth-order valence-corrected chi connectivity index (χ4v) is 6.54. The van der Waals surface area contributed by atoms with Crippen LogP contribution < -0.4 is 5.56 Å². The van der Waals surface area contributed by atoms with E-state index < -0.39 is 5.60 Å². The number of aryl methyl sites for hydroxylation is 1. The Labute approximate surface area is 238 Å². The molecule has 214 valence electrons. The van der Waals surface area contributed by atoms with Crippen molar-refractivity contribution in [1.82, 2.24) is 23.9 Å². The summed E-state index contributed by atoms with van der Waals surface area (Å²) < 4.78 is 17.1. The Kier molecular flexibility index (Phi) is 7.48. The van der Waals surface area contributed by atoms with Crippen LogP contribution in [0.4, 0.5) is 4.39 Å². The molecule has 2 saturated heterocycles. The number of carbonyl (C=O) groups excluding carboxylic acids is 1. The monoisotopic (exact) mass is 557 g/mol. The molecule has 9 heteroatoms. The van der Waals surface area contributed by atoms with Gasteiger partial charge in [-0.25, -0.2) is 9.37 Å². The van der Waals surface area contributed by atoms with Crippen molar-refractivity contribution in [3.05, 3.63) is 100 Å². The maximum Gasteiger partial charge on any atom is 0.262 e. The molecule has 2 aliphatic heterocycles. The summed E-state index contributed by atoms with van der Waals surface area (Å²) in [4.78, 5) is 35.5. The zero-order valence-electron chi connectivity index (χ0n) is 23.3. The third-order valence-electron chi connectivity index (χ3n) is 8.86. The Bertz CT molecular complexity index is 1590. The molecule has 0 bridgehead atoms. The van der Waals surface area contributed by atoms with Crippen molar-refractivity contribution in [2.45, 2.75) is 43.9 Å². The normalized spacial score (nSPS) is 21.3. The Hall–Kier alpha value is -3.82. The van der Waals surface area contributed by atoms with Crippen LogP contribution >= 0.6 is 0 Å². The Balaban J connectivity index is 1.13. The second kappa shape index (κ2) is 11.2. The van der Waals surface area contributed by atoms with Gasteiger partial charge in [0, 0.05) is 51.3 Å².